The molecule has 0 unspecified atom stereocenters. The van der Waals surface area contributed by atoms with Crippen molar-refractivity contribution in [3.63, 3.8) is 0 Å². The standard InChI is InChI=1S/C19H20N2O3S/c22-17-11-12-18(16-10-6-13-20-19(16)17)25(23,24)21-14-5-4-9-15-7-2-1-3-8-15/h1-3,6-8,10-13,21-22H,4-5,9,14H2. The fraction of sp³-hybridized carbons (Fsp3) is 0.211. The lowest BCUT2D eigenvalue weighted by molar-refractivity contribution is 0.480. The van der Waals surface area contributed by atoms with Crippen LogP contribution < -0.4 is 4.72 Å². The van der Waals surface area contributed by atoms with Gasteiger partial charge in [-0.25, -0.2) is 13.1 Å². The average molecular weight is 356 g/mol. The first kappa shape index (κ1) is 17.4. The van der Waals surface area contributed by atoms with E-state index in [0.717, 1.165) is 19.3 Å². The number of aryl methyl sites for hydroxylation is 1. The second-order valence-corrected chi connectivity index (χ2v) is 7.56. The van der Waals surface area contributed by atoms with Crippen molar-refractivity contribution >= 4 is 20.9 Å². The van der Waals surface area contributed by atoms with Gasteiger partial charge in [-0.15, -0.1) is 0 Å². The number of sulfonamides is 1. The average Bonchev–Trinajstić information content (AvgIpc) is 2.62. The van der Waals surface area contributed by atoms with Crippen molar-refractivity contribution < 1.29 is 13.5 Å². The number of nitrogens with one attached hydrogen (secondary N) is 1. The summed E-state index contributed by atoms with van der Waals surface area (Å²) in [5.74, 6) is -0.0302. The van der Waals surface area contributed by atoms with Gasteiger partial charge in [-0.3, -0.25) is 4.98 Å². The zero-order valence-corrected chi connectivity index (χ0v) is 14.5. The molecule has 0 aliphatic heterocycles. The molecular weight excluding hydrogens is 336 g/mol. The third-order valence-electron chi connectivity index (χ3n) is 4.03. The van der Waals surface area contributed by atoms with Crippen molar-refractivity contribution in [3.05, 3.63) is 66.4 Å². The van der Waals surface area contributed by atoms with Crippen LogP contribution in [0.3, 0.4) is 0 Å². The number of hydrogen-bond acceptors (Lipinski definition) is 4. The fourth-order valence-electron chi connectivity index (χ4n) is 2.75. The van der Waals surface area contributed by atoms with Crippen LogP contribution in [0.25, 0.3) is 10.9 Å². The Bertz CT molecular complexity index is 957. The third-order valence-corrected chi connectivity index (χ3v) is 5.54. The minimum atomic E-state index is -3.65. The summed E-state index contributed by atoms with van der Waals surface area (Å²) >= 11 is 0. The summed E-state index contributed by atoms with van der Waals surface area (Å²) in [6.07, 6.45) is 4.11. The molecule has 0 spiro atoms. The number of benzene rings is 2. The van der Waals surface area contributed by atoms with Crippen LogP contribution in [-0.4, -0.2) is 25.1 Å². The van der Waals surface area contributed by atoms with E-state index >= 15 is 0 Å². The van der Waals surface area contributed by atoms with Crippen LogP contribution in [-0.2, 0) is 16.4 Å². The largest absolute Gasteiger partial charge is 0.506 e. The van der Waals surface area contributed by atoms with E-state index in [4.69, 9.17) is 0 Å². The fourth-order valence-corrected chi connectivity index (χ4v) is 4.02. The number of phenolic OH excluding ortho intramolecular Hbond substituents is 1. The van der Waals surface area contributed by atoms with Gasteiger partial charge in [0.25, 0.3) is 0 Å². The minimum absolute atomic E-state index is 0.0302. The molecule has 0 fully saturated rings. The van der Waals surface area contributed by atoms with Crippen LogP contribution in [0, 0.1) is 0 Å². The Labute approximate surface area is 147 Å². The van der Waals surface area contributed by atoms with Gasteiger partial charge in [0.05, 0.1) is 4.90 Å². The van der Waals surface area contributed by atoms with Gasteiger partial charge < -0.3 is 5.11 Å². The van der Waals surface area contributed by atoms with Gasteiger partial charge in [0.15, 0.2) is 0 Å². The molecule has 2 aromatic carbocycles. The van der Waals surface area contributed by atoms with E-state index in [1.54, 1.807) is 12.1 Å². The topological polar surface area (TPSA) is 79.3 Å². The number of aromatic nitrogens is 1. The molecule has 0 amide bonds. The number of fused-ring (bicyclic) bond motifs is 1. The molecule has 1 heterocycles. The molecule has 0 saturated carbocycles. The molecule has 0 aliphatic rings. The van der Waals surface area contributed by atoms with Crippen molar-refractivity contribution in [2.75, 3.05) is 6.54 Å². The highest BCUT2D eigenvalue weighted by molar-refractivity contribution is 7.89. The number of unbranched alkanes of at least 4 members (excludes halogenated alkanes) is 1. The molecule has 2 N–H and O–H groups in total. The molecule has 130 valence electrons. The van der Waals surface area contributed by atoms with Crippen LogP contribution in [0.15, 0.2) is 65.7 Å². The summed E-state index contributed by atoms with van der Waals surface area (Å²) in [6, 6.07) is 16.2. The SMILES string of the molecule is O=S(=O)(NCCCCc1ccccc1)c1ccc(O)c2ncccc12. The first-order valence-corrected chi connectivity index (χ1v) is 9.66. The molecule has 3 aromatic rings. The van der Waals surface area contributed by atoms with Gasteiger partial charge >= 0.3 is 0 Å². The summed E-state index contributed by atoms with van der Waals surface area (Å²) in [5, 5.41) is 10.3. The van der Waals surface area contributed by atoms with Crippen molar-refractivity contribution in [1.82, 2.24) is 9.71 Å². The maximum absolute atomic E-state index is 12.6. The number of phenols is 1. The van der Waals surface area contributed by atoms with Crippen LogP contribution in [0.5, 0.6) is 5.75 Å². The predicted octanol–water partition coefficient (Wildman–Crippen LogP) is 3.24. The molecule has 5 nitrogen and oxygen atoms in total. The molecule has 0 atom stereocenters. The van der Waals surface area contributed by atoms with E-state index < -0.39 is 10.0 Å². The molecule has 6 heteroatoms. The highest BCUT2D eigenvalue weighted by Crippen LogP contribution is 2.28. The van der Waals surface area contributed by atoms with Crippen molar-refractivity contribution in [2.24, 2.45) is 0 Å². The summed E-state index contributed by atoms with van der Waals surface area (Å²) in [4.78, 5) is 4.19. The minimum Gasteiger partial charge on any atom is -0.506 e. The second-order valence-electron chi connectivity index (χ2n) is 5.82. The highest BCUT2D eigenvalue weighted by Gasteiger charge is 2.18. The van der Waals surface area contributed by atoms with E-state index in [1.165, 1.54) is 23.9 Å². The molecule has 0 saturated heterocycles. The third kappa shape index (κ3) is 4.15. The summed E-state index contributed by atoms with van der Waals surface area (Å²) in [5.41, 5.74) is 1.54. The summed E-state index contributed by atoms with van der Waals surface area (Å²) in [7, 11) is -3.65. The Kier molecular flexibility index (Phi) is 5.31. The van der Waals surface area contributed by atoms with Crippen LogP contribution in [0.1, 0.15) is 18.4 Å². The van der Waals surface area contributed by atoms with E-state index in [-0.39, 0.29) is 16.2 Å². The van der Waals surface area contributed by atoms with Gasteiger partial charge in [0.2, 0.25) is 10.0 Å². The van der Waals surface area contributed by atoms with E-state index in [1.807, 2.05) is 18.2 Å². The summed E-state index contributed by atoms with van der Waals surface area (Å²) in [6.45, 7) is 0.373. The van der Waals surface area contributed by atoms with Gasteiger partial charge in [0.1, 0.15) is 11.3 Å². The number of nitrogens with zero attached hydrogens (tertiary/aromatic N) is 1. The van der Waals surface area contributed by atoms with Gasteiger partial charge in [-0.2, -0.15) is 0 Å². The monoisotopic (exact) mass is 356 g/mol. The van der Waals surface area contributed by atoms with E-state index in [2.05, 4.69) is 21.8 Å². The Morgan fingerprint density at radius 2 is 1.76 bits per heavy atom. The van der Waals surface area contributed by atoms with Crippen molar-refractivity contribution in [2.45, 2.75) is 24.2 Å². The predicted molar refractivity (Wildman–Crippen MR) is 98.0 cm³/mol. The Hall–Kier alpha value is -2.44. The lowest BCUT2D eigenvalue weighted by Crippen LogP contribution is -2.25. The van der Waals surface area contributed by atoms with E-state index in [9.17, 15) is 13.5 Å². The molecule has 25 heavy (non-hydrogen) atoms. The van der Waals surface area contributed by atoms with Crippen molar-refractivity contribution in [1.29, 1.82) is 0 Å². The number of aromatic hydroxyl groups is 1. The van der Waals surface area contributed by atoms with Crippen LogP contribution in [0.2, 0.25) is 0 Å². The lowest BCUT2D eigenvalue weighted by atomic mass is 10.1. The van der Waals surface area contributed by atoms with Gasteiger partial charge in [-0.05, 0) is 49.1 Å². The molecule has 0 bridgehead atoms. The van der Waals surface area contributed by atoms with Crippen LogP contribution in [0.4, 0.5) is 0 Å². The Morgan fingerprint density at radius 1 is 0.960 bits per heavy atom. The number of pyridine rings is 1. The zero-order valence-electron chi connectivity index (χ0n) is 13.7. The molecule has 1 aromatic heterocycles. The maximum atomic E-state index is 12.6. The smallest absolute Gasteiger partial charge is 0.241 e. The van der Waals surface area contributed by atoms with Crippen molar-refractivity contribution in [3.8, 4) is 5.75 Å². The Balaban J connectivity index is 1.64. The van der Waals surface area contributed by atoms with Crippen LogP contribution >= 0.6 is 0 Å². The molecular formula is C19H20N2O3S. The first-order chi connectivity index (χ1) is 12.1. The molecule has 0 aliphatic carbocycles. The zero-order chi connectivity index (χ0) is 17.7. The second kappa shape index (κ2) is 7.63. The summed E-state index contributed by atoms with van der Waals surface area (Å²) < 4.78 is 27.8. The highest BCUT2D eigenvalue weighted by atomic mass is 32.2. The number of hydrogen-bond donors (Lipinski definition) is 2. The van der Waals surface area contributed by atoms with Gasteiger partial charge in [0, 0.05) is 18.1 Å². The van der Waals surface area contributed by atoms with E-state index in [0.29, 0.717) is 11.9 Å². The first-order valence-electron chi connectivity index (χ1n) is 8.18. The lowest BCUT2D eigenvalue weighted by Gasteiger charge is -2.10. The maximum Gasteiger partial charge on any atom is 0.241 e. The quantitative estimate of drug-likeness (QED) is 0.637. The normalized spacial score (nSPS) is 11.7. The molecule has 3 rings (SSSR count). The number of rotatable bonds is 7. The Morgan fingerprint density at radius 3 is 2.56 bits per heavy atom. The van der Waals surface area contributed by atoms with Gasteiger partial charge in [-0.1, -0.05) is 30.3 Å². The molecule has 0 radical (unpaired) electrons.